The molecule has 176 valence electrons. The van der Waals surface area contributed by atoms with E-state index >= 15 is 0 Å². The summed E-state index contributed by atoms with van der Waals surface area (Å²) >= 11 is 0. The predicted molar refractivity (Wildman–Crippen MR) is 124 cm³/mol. The topological polar surface area (TPSA) is 84.7 Å². The molecule has 1 atom stereocenters. The maximum atomic E-state index is 14.8. The molecule has 0 bridgehead atoms. The van der Waals surface area contributed by atoms with E-state index in [2.05, 4.69) is 4.98 Å². The summed E-state index contributed by atoms with van der Waals surface area (Å²) in [5.41, 5.74) is 0.385. The number of Topliss-reactive ketones (excluding diaryl/α,β-unsaturated/α-hetero) is 1. The Bertz CT molecular complexity index is 1190. The van der Waals surface area contributed by atoms with Crippen LogP contribution in [-0.4, -0.2) is 44.4 Å². The van der Waals surface area contributed by atoms with Crippen LogP contribution >= 0.6 is 0 Å². The van der Waals surface area contributed by atoms with Gasteiger partial charge in [-0.15, -0.1) is 0 Å². The van der Waals surface area contributed by atoms with Crippen LogP contribution in [0.1, 0.15) is 36.9 Å². The summed E-state index contributed by atoms with van der Waals surface area (Å²) in [4.78, 5) is 31.4. The number of aliphatic hydroxyl groups excluding tert-OH is 1. The highest BCUT2D eigenvalue weighted by Gasteiger charge is 2.46. The number of rotatable bonds is 9. The fourth-order valence-electron chi connectivity index (χ4n) is 4.06. The molecule has 0 saturated carbocycles. The third-order valence-electron chi connectivity index (χ3n) is 5.71. The van der Waals surface area contributed by atoms with Gasteiger partial charge < -0.3 is 19.3 Å². The summed E-state index contributed by atoms with van der Waals surface area (Å²) in [7, 11) is 0. The van der Waals surface area contributed by atoms with Gasteiger partial charge in [0.1, 0.15) is 17.3 Å². The van der Waals surface area contributed by atoms with Crippen LogP contribution < -0.4 is 4.74 Å². The Morgan fingerprint density at radius 2 is 1.88 bits per heavy atom. The molecule has 0 aliphatic carbocycles. The number of amides is 1. The highest BCUT2D eigenvalue weighted by atomic mass is 19.1. The van der Waals surface area contributed by atoms with Crippen molar-refractivity contribution in [3.05, 3.63) is 89.8 Å². The van der Waals surface area contributed by atoms with Gasteiger partial charge in [-0.25, -0.2) is 9.37 Å². The molecule has 1 N–H and O–H groups in total. The van der Waals surface area contributed by atoms with E-state index in [0.717, 1.165) is 6.42 Å². The van der Waals surface area contributed by atoms with Crippen molar-refractivity contribution in [1.82, 2.24) is 14.5 Å². The second-order valence-electron chi connectivity index (χ2n) is 8.04. The smallest absolute Gasteiger partial charge is 0.295 e. The number of imidazole rings is 1. The van der Waals surface area contributed by atoms with E-state index in [1.165, 1.54) is 17.0 Å². The van der Waals surface area contributed by atoms with Crippen molar-refractivity contribution in [2.24, 2.45) is 0 Å². The highest BCUT2D eigenvalue weighted by Crippen LogP contribution is 2.40. The first-order valence-electron chi connectivity index (χ1n) is 11.2. The normalized spacial score (nSPS) is 17.4. The number of likely N-dealkylation sites (tertiary alicyclic amines) is 1. The third kappa shape index (κ3) is 4.71. The SMILES string of the molecule is CCCOc1ccc(/C(O)=C2\C(=O)C(=O)N(CCCn3ccnc3)C2c2ccccc2F)cc1. The standard InChI is InChI=1S/C26H26FN3O4/c1-2-16-34-19-10-8-18(9-11-19)24(31)22-23(20-6-3-4-7-21(20)27)30(26(33)25(22)32)14-5-13-29-15-12-28-17-29/h3-4,6-12,15,17,23,31H,2,5,13-14,16H2,1H3/b24-22+. The quantitative estimate of drug-likeness (QED) is 0.290. The molecule has 1 saturated heterocycles. The Labute approximate surface area is 197 Å². The van der Waals surface area contributed by atoms with Gasteiger partial charge in [-0.2, -0.15) is 0 Å². The Morgan fingerprint density at radius 3 is 2.56 bits per heavy atom. The average molecular weight is 464 g/mol. The predicted octanol–water partition coefficient (Wildman–Crippen LogP) is 4.32. The number of halogens is 1. The molecular formula is C26H26FN3O4. The van der Waals surface area contributed by atoms with E-state index < -0.39 is 23.5 Å². The van der Waals surface area contributed by atoms with Gasteiger partial charge in [0, 0.05) is 36.6 Å². The van der Waals surface area contributed by atoms with Gasteiger partial charge in [-0.1, -0.05) is 25.1 Å². The lowest BCUT2D eigenvalue weighted by Crippen LogP contribution is -2.31. The fourth-order valence-corrected chi connectivity index (χ4v) is 4.06. The lowest BCUT2D eigenvalue weighted by Gasteiger charge is -2.25. The zero-order valence-corrected chi connectivity index (χ0v) is 18.9. The molecule has 1 unspecified atom stereocenters. The minimum absolute atomic E-state index is 0.125. The maximum Gasteiger partial charge on any atom is 0.295 e. The van der Waals surface area contributed by atoms with Crippen LogP contribution in [0.25, 0.3) is 5.76 Å². The van der Waals surface area contributed by atoms with Crippen LogP contribution in [0.2, 0.25) is 0 Å². The van der Waals surface area contributed by atoms with Crippen molar-refractivity contribution in [2.45, 2.75) is 32.4 Å². The molecule has 34 heavy (non-hydrogen) atoms. The molecule has 2 aromatic carbocycles. The first kappa shape index (κ1) is 23.2. The number of carbonyl (C=O) groups excluding carboxylic acids is 2. The van der Waals surface area contributed by atoms with Gasteiger partial charge in [0.15, 0.2) is 0 Å². The monoisotopic (exact) mass is 463 g/mol. The first-order valence-corrected chi connectivity index (χ1v) is 11.2. The van der Waals surface area contributed by atoms with Gasteiger partial charge >= 0.3 is 0 Å². The first-order chi connectivity index (χ1) is 16.5. The van der Waals surface area contributed by atoms with Crippen molar-refractivity contribution in [1.29, 1.82) is 0 Å². The lowest BCUT2D eigenvalue weighted by molar-refractivity contribution is -0.140. The number of benzene rings is 2. The number of aliphatic hydroxyl groups is 1. The fraction of sp³-hybridized carbons (Fsp3) is 0.269. The molecule has 0 spiro atoms. The molecule has 1 amide bonds. The molecule has 4 rings (SSSR count). The molecule has 1 aliphatic heterocycles. The second kappa shape index (κ2) is 10.3. The number of carbonyl (C=O) groups is 2. The van der Waals surface area contributed by atoms with E-state index in [-0.39, 0.29) is 23.4 Å². The van der Waals surface area contributed by atoms with E-state index in [1.807, 2.05) is 11.5 Å². The summed E-state index contributed by atoms with van der Waals surface area (Å²) in [5, 5.41) is 11.1. The molecular weight excluding hydrogens is 437 g/mol. The number of ketones is 1. The van der Waals surface area contributed by atoms with E-state index in [4.69, 9.17) is 4.74 Å². The van der Waals surface area contributed by atoms with E-state index in [1.54, 1.807) is 55.1 Å². The zero-order chi connectivity index (χ0) is 24.1. The molecule has 1 fully saturated rings. The third-order valence-corrected chi connectivity index (χ3v) is 5.71. The highest BCUT2D eigenvalue weighted by molar-refractivity contribution is 6.46. The number of aromatic nitrogens is 2. The molecule has 8 heteroatoms. The van der Waals surface area contributed by atoms with Crippen LogP contribution in [-0.2, 0) is 16.1 Å². The van der Waals surface area contributed by atoms with Crippen molar-refractivity contribution in [2.75, 3.05) is 13.2 Å². The second-order valence-corrected chi connectivity index (χ2v) is 8.04. The number of nitrogens with zero attached hydrogens (tertiary/aromatic N) is 3. The Hall–Kier alpha value is -3.94. The lowest BCUT2D eigenvalue weighted by atomic mass is 9.95. The minimum Gasteiger partial charge on any atom is -0.507 e. The Balaban J connectivity index is 1.69. The minimum atomic E-state index is -1.03. The van der Waals surface area contributed by atoms with Crippen LogP contribution in [0, 0.1) is 5.82 Å². The summed E-state index contributed by atoms with van der Waals surface area (Å²) < 4.78 is 22.3. The maximum absolute atomic E-state index is 14.8. The van der Waals surface area contributed by atoms with Gasteiger partial charge in [0.25, 0.3) is 11.7 Å². The van der Waals surface area contributed by atoms with E-state index in [9.17, 15) is 19.1 Å². The summed E-state index contributed by atoms with van der Waals surface area (Å²) in [5.74, 6) is -1.86. The number of ether oxygens (including phenoxy) is 1. The Kier molecular flexibility index (Phi) is 7.06. The Morgan fingerprint density at radius 1 is 1.12 bits per heavy atom. The van der Waals surface area contributed by atoms with Gasteiger partial charge in [0.2, 0.25) is 0 Å². The zero-order valence-electron chi connectivity index (χ0n) is 18.9. The summed E-state index contributed by atoms with van der Waals surface area (Å²) in [6.45, 7) is 3.34. The average Bonchev–Trinajstić information content (AvgIpc) is 3.45. The molecule has 3 aromatic rings. The molecule has 2 heterocycles. The number of aryl methyl sites for hydroxylation is 1. The number of hydrogen-bond acceptors (Lipinski definition) is 5. The van der Waals surface area contributed by atoms with Gasteiger partial charge in [0.05, 0.1) is 24.5 Å². The van der Waals surface area contributed by atoms with E-state index in [0.29, 0.717) is 30.9 Å². The van der Waals surface area contributed by atoms with Crippen molar-refractivity contribution in [3.63, 3.8) is 0 Å². The molecule has 1 aromatic heterocycles. The van der Waals surface area contributed by atoms with Gasteiger partial charge in [-0.05, 0) is 43.2 Å². The molecule has 1 aliphatic rings. The number of hydrogen-bond donors (Lipinski definition) is 1. The van der Waals surface area contributed by atoms with Crippen LogP contribution in [0.15, 0.2) is 72.8 Å². The summed E-state index contributed by atoms with van der Waals surface area (Å²) in [6.07, 6.45) is 6.50. The van der Waals surface area contributed by atoms with Gasteiger partial charge in [-0.3, -0.25) is 9.59 Å². The largest absolute Gasteiger partial charge is 0.507 e. The van der Waals surface area contributed by atoms with Crippen LogP contribution in [0.3, 0.4) is 0 Å². The van der Waals surface area contributed by atoms with Crippen molar-refractivity contribution in [3.8, 4) is 5.75 Å². The summed E-state index contributed by atoms with van der Waals surface area (Å²) in [6, 6.07) is 11.6. The van der Waals surface area contributed by atoms with Crippen molar-refractivity contribution >= 4 is 17.4 Å². The molecule has 7 nitrogen and oxygen atoms in total. The van der Waals surface area contributed by atoms with Crippen LogP contribution in [0.5, 0.6) is 5.75 Å². The van der Waals surface area contributed by atoms with Crippen LogP contribution in [0.4, 0.5) is 4.39 Å². The molecule has 0 radical (unpaired) electrons. The van der Waals surface area contributed by atoms with Crippen molar-refractivity contribution < 1.29 is 23.8 Å².